The lowest BCUT2D eigenvalue weighted by atomic mass is 9.74. The second-order valence-electron chi connectivity index (χ2n) is 9.13. The molecule has 0 unspecified atom stereocenters. The van der Waals surface area contributed by atoms with Crippen molar-refractivity contribution in [1.29, 1.82) is 0 Å². The molecule has 30 heavy (non-hydrogen) atoms. The highest BCUT2D eigenvalue weighted by Crippen LogP contribution is 2.43. The Balaban J connectivity index is 1.58. The third-order valence-electron chi connectivity index (χ3n) is 6.90. The summed E-state index contributed by atoms with van der Waals surface area (Å²) in [5.41, 5.74) is 8.08. The van der Waals surface area contributed by atoms with Crippen LogP contribution in [0, 0.1) is 5.41 Å². The molecule has 2 aliphatic carbocycles. The molecule has 150 valence electrons. The maximum Gasteiger partial charge on any atom is 0.189 e. The number of carbonyl (C=O) groups excluding carboxylic acids is 1. The molecular weight excluding hydrogens is 364 g/mol. The molecule has 2 aliphatic rings. The van der Waals surface area contributed by atoms with Gasteiger partial charge in [0.1, 0.15) is 0 Å². The minimum Gasteiger partial charge on any atom is -0.289 e. The fourth-order valence-corrected chi connectivity index (χ4v) is 5.31. The van der Waals surface area contributed by atoms with Crippen molar-refractivity contribution in [2.24, 2.45) is 5.41 Å². The van der Waals surface area contributed by atoms with Crippen molar-refractivity contribution in [2.75, 3.05) is 0 Å². The average Bonchev–Trinajstić information content (AvgIpc) is 3.10. The molecule has 3 aromatic rings. The van der Waals surface area contributed by atoms with Crippen LogP contribution in [-0.2, 0) is 6.42 Å². The first kappa shape index (κ1) is 19.1. The Morgan fingerprint density at radius 2 is 1.33 bits per heavy atom. The summed E-state index contributed by atoms with van der Waals surface area (Å²) in [5, 5.41) is 0. The molecule has 0 aliphatic heterocycles. The Morgan fingerprint density at radius 3 is 2.10 bits per heavy atom. The van der Waals surface area contributed by atoms with Crippen LogP contribution in [0.3, 0.4) is 0 Å². The second-order valence-corrected chi connectivity index (χ2v) is 9.13. The van der Waals surface area contributed by atoms with E-state index in [0.29, 0.717) is 0 Å². The molecule has 0 atom stereocenters. The molecule has 0 amide bonds. The van der Waals surface area contributed by atoms with Crippen molar-refractivity contribution < 1.29 is 4.79 Å². The van der Waals surface area contributed by atoms with Crippen LogP contribution < -0.4 is 0 Å². The minimum atomic E-state index is 0.174. The summed E-state index contributed by atoms with van der Waals surface area (Å²) in [6, 6.07) is 25.3. The number of benzene rings is 3. The number of Topliss-reactive ketones (excluding diaryl/α,β-unsaturated/α-hetero) is 1. The predicted octanol–water partition coefficient (Wildman–Crippen LogP) is 7.66. The SMILES string of the molecule is CC1(C=C2Cc3c(cccc3-c3ccccc3-c3ccccc3)C2=O)CCCCC1. The Kier molecular flexibility index (Phi) is 4.90. The van der Waals surface area contributed by atoms with Gasteiger partial charge in [0.05, 0.1) is 0 Å². The molecule has 3 aromatic carbocycles. The van der Waals surface area contributed by atoms with Crippen LogP contribution >= 0.6 is 0 Å². The Morgan fingerprint density at radius 1 is 0.700 bits per heavy atom. The van der Waals surface area contributed by atoms with Crippen LogP contribution in [0.5, 0.6) is 0 Å². The van der Waals surface area contributed by atoms with Gasteiger partial charge in [0, 0.05) is 17.6 Å². The summed E-state index contributed by atoms with van der Waals surface area (Å²) in [5.74, 6) is 0.232. The zero-order valence-corrected chi connectivity index (χ0v) is 17.7. The molecule has 1 fully saturated rings. The van der Waals surface area contributed by atoms with Gasteiger partial charge in [-0.15, -0.1) is 0 Å². The number of hydrogen-bond donors (Lipinski definition) is 0. The van der Waals surface area contributed by atoms with Gasteiger partial charge in [-0.05, 0) is 46.1 Å². The molecule has 1 saturated carbocycles. The quantitative estimate of drug-likeness (QED) is 0.418. The standard InChI is InChI=1S/C29H28O/c1-29(17-8-3-9-18-29)20-22-19-27-25(15-10-16-26(27)28(22)30)24-14-7-6-13-23(24)21-11-4-2-5-12-21/h2,4-7,10-16,20H,3,8-9,17-19H2,1H3. The third-order valence-corrected chi connectivity index (χ3v) is 6.90. The second kappa shape index (κ2) is 7.72. The number of ketones is 1. The first-order chi connectivity index (χ1) is 14.6. The molecule has 0 aromatic heterocycles. The molecule has 0 saturated heterocycles. The molecule has 1 nitrogen and oxygen atoms in total. The van der Waals surface area contributed by atoms with Crippen molar-refractivity contribution in [3.05, 3.63) is 95.6 Å². The van der Waals surface area contributed by atoms with Crippen LogP contribution in [0.15, 0.2) is 84.4 Å². The summed E-state index contributed by atoms with van der Waals surface area (Å²) < 4.78 is 0. The maximum absolute atomic E-state index is 13.3. The predicted molar refractivity (Wildman–Crippen MR) is 125 cm³/mol. The van der Waals surface area contributed by atoms with E-state index in [4.69, 9.17) is 0 Å². The number of carbonyl (C=O) groups is 1. The molecular formula is C29H28O. The van der Waals surface area contributed by atoms with Gasteiger partial charge >= 0.3 is 0 Å². The highest BCUT2D eigenvalue weighted by atomic mass is 16.1. The molecule has 0 radical (unpaired) electrons. The van der Waals surface area contributed by atoms with E-state index in [1.807, 2.05) is 18.2 Å². The summed E-state index contributed by atoms with van der Waals surface area (Å²) in [7, 11) is 0. The van der Waals surface area contributed by atoms with E-state index in [0.717, 1.165) is 17.6 Å². The van der Waals surface area contributed by atoms with E-state index in [1.54, 1.807) is 0 Å². The van der Waals surface area contributed by atoms with E-state index in [1.165, 1.54) is 59.9 Å². The van der Waals surface area contributed by atoms with E-state index in [9.17, 15) is 4.79 Å². The van der Waals surface area contributed by atoms with Gasteiger partial charge < -0.3 is 0 Å². The van der Waals surface area contributed by atoms with Gasteiger partial charge in [0.2, 0.25) is 0 Å². The Hall–Kier alpha value is -2.93. The largest absolute Gasteiger partial charge is 0.289 e. The van der Waals surface area contributed by atoms with Gasteiger partial charge in [-0.3, -0.25) is 4.79 Å². The molecule has 1 heteroatoms. The van der Waals surface area contributed by atoms with Crippen molar-refractivity contribution in [2.45, 2.75) is 45.4 Å². The topological polar surface area (TPSA) is 17.1 Å². The van der Waals surface area contributed by atoms with Crippen LogP contribution in [0.25, 0.3) is 22.3 Å². The van der Waals surface area contributed by atoms with Crippen molar-refractivity contribution in [1.82, 2.24) is 0 Å². The average molecular weight is 393 g/mol. The molecule has 0 heterocycles. The van der Waals surface area contributed by atoms with E-state index in [-0.39, 0.29) is 11.2 Å². The smallest absolute Gasteiger partial charge is 0.189 e. The van der Waals surface area contributed by atoms with Crippen LogP contribution in [-0.4, -0.2) is 5.78 Å². The number of rotatable bonds is 3. The first-order valence-corrected chi connectivity index (χ1v) is 11.2. The van der Waals surface area contributed by atoms with Gasteiger partial charge in [-0.25, -0.2) is 0 Å². The van der Waals surface area contributed by atoms with Crippen molar-refractivity contribution >= 4 is 5.78 Å². The van der Waals surface area contributed by atoms with E-state index < -0.39 is 0 Å². The lowest BCUT2D eigenvalue weighted by Crippen LogP contribution is -2.18. The third kappa shape index (κ3) is 3.43. The van der Waals surface area contributed by atoms with Gasteiger partial charge in [0.25, 0.3) is 0 Å². The molecule has 0 bridgehead atoms. The van der Waals surface area contributed by atoms with Crippen LogP contribution in [0.4, 0.5) is 0 Å². The van der Waals surface area contributed by atoms with Gasteiger partial charge in [-0.2, -0.15) is 0 Å². The zero-order valence-electron chi connectivity index (χ0n) is 17.7. The summed E-state index contributed by atoms with van der Waals surface area (Å²) in [6.07, 6.45) is 9.35. The normalized spacial score (nSPS) is 19.1. The van der Waals surface area contributed by atoms with Gasteiger partial charge in [-0.1, -0.05) is 105 Å². The molecule has 0 N–H and O–H groups in total. The summed E-state index contributed by atoms with van der Waals surface area (Å²) >= 11 is 0. The van der Waals surface area contributed by atoms with Crippen molar-refractivity contribution in [3.8, 4) is 22.3 Å². The fourth-order valence-electron chi connectivity index (χ4n) is 5.31. The first-order valence-electron chi connectivity index (χ1n) is 11.2. The van der Waals surface area contributed by atoms with Gasteiger partial charge in [0.15, 0.2) is 5.78 Å². The van der Waals surface area contributed by atoms with E-state index in [2.05, 4.69) is 67.6 Å². The molecule has 0 spiro atoms. The number of hydrogen-bond acceptors (Lipinski definition) is 1. The highest BCUT2D eigenvalue weighted by Gasteiger charge is 2.32. The van der Waals surface area contributed by atoms with E-state index >= 15 is 0 Å². The molecule has 5 rings (SSSR count). The Bertz CT molecular complexity index is 1110. The maximum atomic E-state index is 13.3. The van der Waals surface area contributed by atoms with Crippen molar-refractivity contribution in [3.63, 3.8) is 0 Å². The van der Waals surface area contributed by atoms with Crippen LogP contribution in [0.1, 0.15) is 54.9 Å². The van der Waals surface area contributed by atoms with Crippen LogP contribution in [0.2, 0.25) is 0 Å². The lowest BCUT2D eigenvalue weighted by molar-refractivity contribution is 0.103. The summed E-state index contributed by atoms with van der Waals surface area (Å²) in [4.78, 5) is 13.3. The fraction of sp³-hybridized carbons (Fsp3) is 0.276. The summed E-state index contributed by atoms with van der Waals surface area (Å²) in [6.45, 7) is 2.33. The minimum absolute atomic E-state index is 0.174. The number of allylic oxidation sites excluding steroid dienone is 2. The monoisotopic (exact) mass is 392 g/mol. The number of fused-ring (bicyclic) bond motifs is 1. The Labute approximate surface area is 179 Å². The zero-order chi connectivity index (χ0) is 20.6. The lowest BCUT2D eigenvalue weighted by Gasteiger charge is -2.31. The highest BCUT2D eigenvalue weighted by molar-refractivity contribution is 6.14.